The Bertz CT molecular complexity index is 589. The third-order valence-corrected chi connectivity index (χ3v) is 3.55. The lowest BCUT2D eigenvalue weighted by Gasteiger charge is -2.10. The van der Waals surface area contributed by atoms with Crippen LogP contribution in [0.4, 0.5) is 4.39 Å². The van der Waals surface area contributed by atoms with E-state index < -0.39 is 0 Å². The van der Waals surface area contributed by atoms with Crippen LogP contribution in [0.5, 0.6) is 5.75 Å². The van der Waals surface area contributed by atoms with E-state index in [2.05, 4.69) is 28.2 Å². The summed E-state index contributed by atoms with van der Waals surface area (Å²) >= 11 is 3.39. The average Bonchev–Trinajstić information content (AvgIpc) is 2.48. The lowest BCUT2D eigenvalue weighted by molar-refractivity contribution is 0.299. The van der Waals surface area contributed by atoms with Gasteiger partial charge in [0, 0.05) is 16.6 Å². The Hall–Kier alpha value is -1.39. The average molecular weight is 352 g/mol. The van der Waals surface area contributed by atoms with Gasteiger partial charge in [0.2, 0.25) is 0 Å². The van der Waals surface area contributed by atoms with Gasteiger partial charge in [0.05, 0.1) is 0 Å². The normalized spacial score (nSPS) is 10.6. The molecule has 112 valence electrons. The second-order valence-corrected chi connectivity index (χ2v) is 5.76. The minimum Gasteiger partial charge on any atom is -0.489 e. The highest BCUT2D eigenvalue weighted by atomic mass is 79.9. The standard InChI is InChI=1S/C17H19BrFNO/c1-2-8-20-11-13-6-7-17(19)14(9-13)12-21-16-5-3-4-15(18)10-16/h3-7,9-10,20H,2,8,11-12H2,1H3. The topological polar surface area (TPSA) is 21.3 Å². The molecular weight excluding hydrogens is 333 g/mol. The molecule has 1 N–H and O–H groups in total. The fourth-order valence-electron chi connectivity index (χ4n) is 1.98. The summed E-state index contributed by atoms with van der Waals surface area (Å²) in [6.45, 7) is 4.05. The zero-order valence-corrected chi connectivity index (χ0v) is 13.6. The van der Waals surface area contributed by atoms with Crippen LogP contribution in [0.2, 0.25) is 0 Å². The van der Waals surface area contributed by atoms with E-state index in [0.717, 1.165) is 35.3 Å². The molecular formula is C17H19BrFNO. The molecule has 0 amide bonds. The molecule has 0 unspecified atom stereocenters. The summed E-state index contributed by atoms with van der Waals surface area (Å²) in [4.78, 5) is 0. The van der Waals surface area contributed by atoms with Gasteiger partial charge in [-0.2, -0.15) is 0 Å². The molecule has 2 nitrogen and oxygen atoms in total. The molecule has 0 heterocycles. The minimum atomic E-state index is -0.232. The largest absolute Gasteiger partial charge is 0.489 e. The van der Waals surface area contributed by atoms with Gasteiger partial charge in [-0.15, -0.1) is 0 Å². The van der Waals surface area contributed by atoms with Crippen molar-refractivity contribution in [2.24, 2.45) is 0 Å². The summed E-state index contributed by atoms with van der Waals surface area (Å²) in [5.74, 6) is 0.488. The SMILES string of the molecule is CCCNCc1ccc(F)c(COc2cccc(Br)c2)c1. The van der Waals surface area contributed by atoms with Gasteiger partial charge in [0.1, 0.15) is 18.2 Å². The number of hydrogen-bond acceptors (Lipinski definition) is 2. The van der Waals surface area contributed by atoms with Gasteiger partial charge in [-0.05, 0) is 48.9 Å². The Morgan fingerprint density at radius 3 is 2.81 bits per heavy atom. The molecule has 0 radical (unpaired) electrons. The van der Waals surface area contributed by atoms with Crippen LogP contribution in [-0.2, 0) is 13.2 Å². The highest BCUT2D eigenvalue weighted by molar-refractivity contribution is 9.10. The molecule has 0 atom stereocenters. The van der Waals surface area contributed by atoms with E-state index in [9.17, 15) is 4.39 Å². The van der Waals surface area contributed by atoms with Crippen LogP contribution in [0.3, 0.4) is 0 Å². The zero-order valence-electron chi connectivity index (χ0n) is 12.0. The molecule has 0 fully saturated rings. The van der Waals surface area contributed by atoms with Crippen molar-refractivity contribution in [3.63, 3.8) is 0 Å². The van der Waals surface area contributed by atoms with Crippen molar-refractivity contribution in [1.29, 1.82) is 0 Å². The van der Waals surface area contributed by atoms with Crippen LogP contribution in [0.25, 0.3) is 0 Å². The number of benzene rings is 2. The first-order valence-electron chi connectivity index (χ1n) is 7.05. The molecule has 0 saturated carbocycles. The van der Waals surface area contributed by atoms with E-state index in [1.807, 2.05) is 30.3 Å². The first-order valence-corrected chi connectivity index (χ1v) is 7.84. The van der Waals surface area contributed by atoms with E-state index in [1.165, 1.54) is 6.07 Å². The highest BCUT2D eigenvalue weighted by Gasteiger charge is 2.05. The molecule has 0 spiro atoms. The summed E-state index contributed by atoms with van der Waals surface area (Å²) in [7, 11) is 0. The Balaban J connectivity index is 2.00. The van der Waals surface area contributed by atoms with E-state index >= 15 is 0 Å². The van der Waals surface area contributed by atoms with Crippen LogP contribution in [-0.4, -0.2) is 6.54 Å². The van der Waals surface area contributed by atoms with Gasteiger partial charge in [-0.1, -0.05) is 35.0 Å². The zero-order chi connectivity index (χ0) is 15.1. The smallest absolute Gasteiger partial charge is 0.129 e. The minimum absolute atomic E-state index is 0.226. The van der Waals surface area contributed by atoms with Crippen LogP contribution in [0.15, 0.2) is 46.9 Å². The van der Waals surface area contributed by atoms with Crippen LogP contribution in [0.1, 0.15) is 24.5 Å². The molecule has 0 aromatic heterocycles. The number of nitrogens with one attached hydrogen (secondary N) is 1. The third-order valence-electron chi connectivity index (χ3n) is 3.06. The van der Waals surface area contributed by atoms with Crippen molar-refractivity contribution in [3.8, 4) is 5.75 Å². The van der Waals surface area contributed by atoms with Gasteiger partial charge in [0.25, 0.3) is 0 Å². The van der Waals surface area contributed by atoms with Gasteiger partial charge < -0.3 is 10.1 Å². The second kappa shape index (κ2) is 8.15. The molecule has 0 aliphatic rings. The maximum absolute atomic E-state index is 13.8. The van der Waals surface area contributed by atoms with Crippen LogP contribution in [0, 0.1) is 5.82 Å². The van der Waals surface area contributed by atoms with E-state index in [-0.39, 0.29) is 12.4 Å². The van der Waals surface area contributed by atoms with Gasteiger partial charge in [-0.25, -0.2) is 4.39 Å². The molecule has 21 heavy (non-hydrogen) atoms. The monoisotopic (exact) mass is 351 g/mol. The fraction of sp³-hybridized carbons (Fsp3) is 0.294. The number of halogens is 2. The first-order chi connectivity index (χ1) is 10.2. The molecule has 2 aromatic rings. The summed E-state index contributed by atoms with van der Waals surface area (Å²) in [5, 5.41) is 3.31. The molecule has 0 bridgehead atoms. The lowest BCUT2D eigenvalue weighted by Crippen LogP contribution is -2.14. The van der Waals surface area contributed by atoms with Crippen LogP contribution >= 0.6 is 15.9 Å². The van der Waals surface area contributed by atoms with Crippen molar-refractivity contribution in [3.05, 3.63) is 63.9 Å². The summed E-state index contributed by atoms with van der Waals surface area (Å²) in [6, 6.07) is 12.7. The fourth-order valence-corrected chi connectivity index (χ4v) is 2.35. The van der Waals surface area contributed by atoms with Crippen molar-refractivity contribution in [2.45, 2.75) is 26.5 Å². The second-order valence-electron chi connectivity index (χ2n) is 4.85. The molecule has 4 heteroatoms. The Labute approximate surface area is 133 Å². The quantitative estimate of drug-likeness (QED) is 0.732. The molecule has 2 aromatic carbocycles. The molecule has 2 rings (SSSR count). The maximum Gasteiger partial charge on any atom is 0.129 e. The number of ether oxygens (including phenoxy) is 1. The lowest BCUT2D eigenvalue weighted by atomic mass is 10.1. The Morgan fingerprint density at radius 1 is 1.19 bits per heavy atom. The highest BCUT2D eigenvalue weighted by Crippen LogP contribution is 2.20. The summed E-state index contributed by atoms with van der Waals surface area (Å²) < 4.78 is 20.4. The maximum atomic E-state index is 13.8. The predicted octanol–water partition coefficient (Wildman–Crippen LogP) is 4.67. The molecule has 0 saturated heterocycles. The van der Waals surface area contributed by atoms with Gasteiger partial charge >= 0.3 is 0 Å². The van der Waals surface area contributed by atoms with Crippen molar-refractivity contribution >= 4 is 15.9 Å². The predicted molar refractivity (Wildman–Crippen MR) is 86.9 cm³/mol. The van der Waals surface area contributed by atoms with Gasteiger partial charge in [-0.3, -0.25) is 0 Å². The number of hydrogen-bond donors (Lipinski definition) is 1. The van der Waals surface area contributed by atoms with Crippen molar-refractivity contribution < 1.29 is 9.13 Å². The Morgan fingerprint density at radius 2 is 2.05 bits per heavy atom. The summed E-state index contributed by atoms with van der Waals surface area (Å²) in [6.07, 6.45) is 1.08. The van der Waals surface area contributed by atoms with E-state index in [0.29, 0.717) is 5.56 Å². The van der Waals surface area contributed by atoms with Crippen molar-refractivity contribution in [1.82, 2.24) is 5.32 Å². The Kier molecular flexibility index (Phi) is 6.21. The van der Waals surface area contributed by atoms with Crippen molar-refractivity contribution in [2.75, 3.05) is 6.54 Å². The molecule has 0 aliphatic heterocycles. The van der Waals surface area contributed by atoms with E-state index in [4.69, 9.17) is 4.74 Å². The van der Waals surface area contributed by atoms with Crippen LogP contribution < -0.4 is 10.1 Å². The third kappa shape index (κ3) is 5.14. The first kappa shape index (κ1) is 16.0. The number of rotatable bonds is 7. The van der Waals surface area contributed by atoms with E-state index in [1.54, 1.807) is 6.07 Å². The van der Waals surface area contributed by atoms with Gasteiger partial charge in [0.15, 0.2) is 0 Å². The molecule has 0 aliphatic carbocycles. The summed E-state index contributed by atoms with van der Waals surface area (Å²) in [5.41, 5.74) is 1.64.